The van der Waals surface area contributed by atoms with Crippen molar-refractivity contribution in [2.45, 2.75) is 4.90 Å². The lowest BCUT2D eigenvalue weighted by Gasteiger charge is -2.12. The Morgan fingerprint density at radius 1 is 0.891 bits per heavy atom. The van der Waals surface area contributed by atoms with Gasteiger partial charge in [0, 0.05) is 39.2 Å². The van der Waals surface area contributed by atoms with E-state index in [2.05, 4.69) is 20.9 Å². The maximum atomic E-state index is 13.3. The van der Waals surface area contributed by atoms with Gasteiger partial charge in [0.25, 0.3) is 17.5 Å². The van der Waals surface area contributed by atoms with Crippen LogP contribution in [-0.2, 0) is 9.59 Å². The lowest BCUT2D eigenvalue weighted by atomic mass is 10.1. The lowest BCUT2D eigenvalue weighted by molar-refractivity contribution is -0.384. The summed E-state index contributed by atoms with van der Waals surface area (Å²) in [6.07, 6.45) is 1.42. The topological polar surface area (TPSA) is 143 Å². The van der Waals surface area contributed by atoms with Crippen molar-refractivity contribution in [1.29, 1.82) is 0 Å². The number of hydrogen-bond donors (Lipinski definition) is 3. The highest BCUT2D eigenvalue weighted by Gasteiger charge is 2.16. The van der Waals surface area contributed by atoms with Crippen molar-refractivity contribution in [3.05, 3.63) is 141 Å². The van der Waals surface area contributed by atoms with Crippen LogP contribution in [0, 0.1) is 15.9 Å². The standard InChI is InChI=1S/C33H24FN5O5S2/c34-24-10-8-22(9-11-24)29-19-46-33(37-29)38-30(40)20-45-27-16-12-25(13-17-27)35-32(42)28(36-31(41)23-4-2-1-3-5-23)18-21-6-14-26(15-7-21)39(43)44/h1-19H,20H2,(H,35,42)(H,36,41)(H,37,38,40)/b28-18-. The van der Waals surface area contributed by atoms with Gasteiger partial charge in [0.1, 0.15) is 11.5 Å². The van der Waals surface area contributed by atoms with Crippen molar-refractivity contribution in [3.63, 3.8) is 0 Å². The molecular formula is C33H24FN5O5S2. The van der Waals surface area contributed by atoms with E-state index in [1.807, 2.05) is 0 Å². The molecule has 1 aromatic heterocycles. The molecule has 4 aromatic carbocycles. The number of nitro benzene ring substituents is 1. The van der Waals surface area contributed by atoms with Crippen LogP contribution in [0.2, 0.25) is 0 Å². The monoisotopic (exact) mass is 653 g/mol. The van der Waals surface area contributed by atoms with E-state index < -0.39 is 16.7 Å². The van der Waals surface area contributed by atoms with Crippen LogP contribution in [0.4, 0.5) is 20.9 Å². The van der Waals surface area contributed by atoms with Gasteiger partial charge in [-0.25, -0.2) is 9.37 Å². The molecule has 230 valence electrons. The number of nitrogens with one attached hydrogen (secondary N) is 3. The predicted molar refractivity (Wildman–Crippen MR) is 177 cm³/mol. The number of carbonyl (C=O) groups excluding carboxylic acids is 3. The summed E-state index contributed by atoms with van der Waals surface area (Å²) in [4.78, 5) is 54.3. The quantitative estimate of drug-likeness (QED) is 0.0603. The molecule has 0 saturated heterocycles. The third kappa shape index (κ3) is 8.71. The molecule has 5 aromatic rings. The molecule has 0 fully saturated rings. The zero-order chi connectivity index (χ0) is 32.5. The minimum Gasteiger partial charge on any atom is -0.321 e. The summed E-state index contributed by atoms with van der Waals surface area (Å²) in [5.41, 5.74) is 2.47. The summed E-state index contributed by atoms with van der Waals surface area (Å²) in [6, 6.07) is 26.7. The molecule has 0 spiro atoms. The van der Waals surface area contributed by atoms with Gasteiger partial charge in [-0.1, -0.05) is 18.2 Å². The zero-order valence-corrected chi connectivity index (χ0v) is 25.4. The van der Waals surface area contributed by atoms with Gasteiger partial charge in [-0.2, -0.15) is 0 Å². The largest absolute Gasteiger partial charge is 0.321 e. The number of halogens is 1. The number of carbonyl (C=O) groups is 3. The van der Waals surface area contributed by atoms with E-state index in [-0.39, 0.29) is 28.9 Å². The van der Waals surface area contributed by atoms with Gasteiger partial charge in [-0.05, 0) is 84.4 Å². The SMILES string of the molecule is O=C(CSc1ccc(NC(=O)/C(=C/c2ccc([N+](=O)[O-])cc2)NC(=O)c2ccccc2)cc1)Nc1nc(-c2ccc(F)cc2)cs1. The number of nitrogens with zero attached hydrogens (tertiary/aromatic N) is 2. The van der Waals surface area contributed by atoms with Gasteiger partial charge >= 0.3 is 0 Å². The van der Waals surface area contributed by atoms with Crippen LogP contribution in [0.5, 0.6) is 0 Å². The minimum atomic E-state index is -0.606. The third-order valence-corrected chi connectivity index (χ3v) is 8.09. The van der Waals surface area contributed by atoms with E-state index in [9.17, 15) is 28.9 Å². The van der Waals surface area contributed by atoms with Crippen LogP contribution in [0.3, 0.4) is 0 Å². The zero-order valence-electron chi connectivity index (χ0n) is 23.8. The molecule has 3 amide bonds. The molecule has 0 aliphatic rings. The molecule has 3 N–H and O–H groups in total. The number of amides is 3. The Kier molecular flexibility index (Phi) is 10.3. The van der Waals surface area contributed by atoms with E-state index >= 15 is 0 Å². The molecule has 0 unspecified atom stereocenters. The molecule has 10 nitrogen and oxygen atoms in total. The van der Waals surface area contributed by atoms with Crippen molar-refractivity contribution in [2.24, 2.45) is 0 Å². The van der Waals surface area contributed by atoms with E-state index in [0.29, 0.717) is 27.6 Å². The van der Waals surface area contributed by atoms with Crippen LogP contribution in [0.1, 0.15) is 15.9 Å². The number of benzene rings is 4. The number of hydrogen-bond acceptors (Lipinski definition) is 8. The molecule has 0 aliphatic heterocycles. The number of nitro groups is 1. The van der Waals surface area contributed by atoms with Crippen LogP contribution in [-0.4, -0.2) is 33.4 Å². The number of thioether (sulfide) groups is 1. The Morgan fingerprint density at radius 3 is 2.26 bits per heavy atom. The number of non-ortho nitro benzene ring substituents is 1. The van der Waals surface area contributed by atoms with E-state index in [1.165, 1.54) is 65.6 Å². The average molecular weight is 654 g/mol. The number of anilines is 2. The fourth-order valence-electron chi connectivity index (χ4n) is 4.02. The summed E-state index contributed by atoms with van der Waals surface area (Å²) >= 11 is 2.56. The van der Waals surface area contributed by atoms with Crippen molar-refractivity contribution < 1.29 is 23.7 Å². The molecule has 13 heteroatoms. The maximum Gasteiger partial charge on any atom is 0.272 e. The molecule has 46 heavy (non-hydrogen) atoms. The molecule has 0 atom stereocenters. The highest BCUT2D eigenvalue weighted by molar-refractivity contribution is 8.00. The van der Waals surface area contributed by atoms with E-state index in [0.717, 1.165) is 10.5 Å². The van der Waals surface area contributed by atoms with Crippen molar-refractivity contribution in [2.75, 3.05) is 16.4 Å². The number of aromatic nitrogens is 1. The number of rotatable bonds is 11. The Bertz CT molecular complexity index is 1900. The predicted octanol–water partition coefficient (Wildman–Crippen LogP) is 7.00. The molecular weight excluding hydrogens is 630 g/mol. The van der Waals surface area contributed by atoms with E-state index in [4.69, 9.17) is 0 Å². The fraction of sp³-hybridized carbons (Fsp3) is 0.0303. The van der Waals surface area contributed by atoms with Gasteiger partial charge in [0.05, 0.1) is 16.4 Å². The van der Waals surface area contributed by atoms with Crippen LogP contribution in [0.25, 0.3) is 17.3 Å². The Labute approximate surface area is 270 Å². The first-order valence-electron chi connectivity index (χ1n) is 13.6. The molecule has 0 bridgehead atoms. The Morgan fingerprint density at radius 2 is 1.59 bits per heavy atom. The van der Waals surface area contributed by atoms with Gasteiger partial charge < -0.3 is 16.0 Å². The van der Waals surface area contributed by atoms with Crippen LogP contribution < -0.4 is 16.0 Å². The van der Waals surface area contributed by atoms with Gasteiger partial charge in [0.15, 0.2) is 5.13 Å². The van der Waals surface area contributed by atoms with E-state index in [1.54, 1.807) is 72.1 Å². The highest BCUT2D eigenvalue weighted by atomic mass is 32.2. The lowest BCUT2D eigenvalue weighted by Crippen LogP contribution is -2.30. The summed E-state index contributed by atoms with van der Waals surface area (Å²) in [5, 5.41) is 21.4. The van der Waals surface area contributed by atoms with Crippen molar-refractivity contribution in [1.82, 2.24) is 10.3 Å². The minimum absolute atomic E-state index is 0.0670. The first-order valence-corrected chi connectivity index (χ1v) is 15.5. The summed E-state index contributed by atoms with van der Waals surface area (Å²) in [5.74, 6) is -1.58. The number of thiazole rings is 1. The smallest absolute Gasteiger partial charge is 0.272 e. The second-order valence-corrected chi connectivity index (χ2v) is 11.5. The average Bonchev–Trinajstić information content (AvgIpc) is 3.53. The Hall–Kier alpha value is -5.66. The molecule has 0 aliphatic carbocycles. The highest BCUT2D eigenvalue weighted by Crippen LogP contribution is 2.26. The van der Waals surface area contributed by atoms with Crippen LogP contribution in [0.15, 0.2) is 119 Å². The second-order valence-electron chi connectivity index (χ2n) is 9.59. The molecule has 5 rings (SSSR count). The Balaban J connectivity index is 1.20. The van der Waals surface area contributed by atoms with Crippen LogP contribution >= 0.6 is 23.1 Å². The second kappa shape index (κ2) is 14.9. The maximum absolute atomic E-state index is 13.3. The first kappa shape index (κ1) is 31.8. The fourth-order valence-corrected chi connectivity index (χ4v) is 5.46. The molecule has 0 saturated carbocycles. The molecule has 0 radical (unpaired) electrons. The van der Waals surface area contributed by atoms with Crippen molar-refractivity contribution >= 4 is 63.4 Å². The molecule has 1 heterocycles. The summed E-state index contributed by atoms with van der Waals surface area (Å²) in [7, 11) is 0. The van der Waals surface area contributed by atoms with Crippen molar-refractivity contribution in [3.8, 4) is 11.3 Å². The van der Waals surface area contributed by atoms with Gasteiger partial charge in [-0.3, -0.25) is 24.5 Å². The van der Waals surface area contributed by atoms with Gasteiger partial charge in [0.2, 0.25) is 5.91 Å². The first-order chi connectivity index (χ1) is 22.2. The summed E-state index contributed by atoms with van der Waals surface area (Å²) < 4.78 is 13.2. The third-order valence-electron chi connectivity index (χ3n) is 6.32. The normalized spacial score (nSPS) is 11.0. The summed E-state index contributed by atoms with van der Waals surface area (Å²) in [6.45, 7) is 0. The van der Waals surface area contributed by atoms with Gasteiger partial charge in [-0.15, -0.1) is 23.1 Å².